The molecule has 1 heterocycles. The second-order valence-corrected chi connectivity index (χ2v) is 4.80. The first-order valence-electron chi connectivity index (χ1n) is 6.15. The summed E-state index contributed by atoms with van der Waals surface area (Å²) in [5.74, 6) is 0.849. The summed E-state index contributed by atoms with van der Waals surface area (Å²) in [6, 6.07) is 10.1. The van der Waals surface area contributed by atoms with E-state index in [2.05, 4.69) is 0 Å². The minimum atomic E-state index is -0.231. The molecule has 2 N–H and O–H groups in total. The van der Waals surface area contributed by atoms with Crippen LogP contribution in [-0.2, 0) is 0 Å². The number of carbonyl (C=O) groups is 1. The third-order valence-electron chi connectivity index (χ3n) is 3.08. The first-order chi connectivity index (χ1) is 9.66. The van der Waals surface area contributed by atoms with Crippen molar-refractivity contribution in [2.45, 2.75) is 0 Å². The van der Waals surface area contributed by atoms with Crippen LogP contribution in [0, 0.1) is 0 Å². The number of halogens is 1. The van der Waals surface area contributed by atoms with Crippen LogP contribution in [-0.4, -0.2) is 19.0 Å². The Balaban J connectivity index is 2.06. The van der Waals surface area contributed by atoms with Gasteiger partial charge >= 0.3 is 0 Å². The molecule has 0 unspecified atom stereocenters. The number of hydrogen-bond acceptors (Lipinski definition) is 4. The van der Waals surface area contributed by atoms with Gasteiger partial charge in [0.05, 0.1) is 5.02 Å². The van der Waals surface area contributed by atoms with Crippen LogP contribution in [0.2, 0.25) is 5.02 Å². The Bertz CT molecular complexity index is 685. The van der Waals surface area contributed by atoms with Crippen molar-refractivity contribution in [1.82, 2.24) is 0 Å². The van der Waals surface area contributed by atoms with Crippen molar-refractivity contribution in [2.75, 3.05) is 18.9 Å². The molecule has 0 saturated heterocycles. The lowest BCUT2D eigenvalue weighted by molar-refractivity contribution is 0.103. The van der Waals surface area contributed by atoms with E-state index in [1.165, 1.54) is 0 Å². The van der Waals surface area contributed by atoms with Gasteiger partial charge in [0.1, 0.15) is 13.2 Å². The molecule has 4 nitrogen and oxygen atoms in total. The predicted octanol–water partition coefficient (Wildman–Crippen LogP) is 2.92. The van der Waals surface area contributed by atoms with Gasteiger partial charge in [-0.1, -0.05) is 23.7 Å². The molecule has 0 atom stereocenters. The lowest BCUT2D eigenvalue weighted by Gasteiger charge is -2.19. The molecule has 1 aliphatic heterocycles. The van der Waals surface area contributed by atoms with Gasteiger partial charge in [-0.25, -0.2) is 0 Å². The van der Waals surface area contributed by atoms with Gasteiger partial charge < -0.3 is 15.2 Å². The zero-order chi connectivity index (χ0) is 14.1. The molecule has 1 aliphatic rings. The van der Waals surface area contributed by atoms with Crippen molar-refractivity contribution in [3.05, 3.63) is 52.5 Å². The topological polar surface area (TPSA) is 61.6 Å². The Labute approximate surface area is 121 Å². The van der Waals surface area contributed by atoms with E-state index in [0.717, 1.165) is 0 Å². The highest BCUT2D eigenvalue weighted by molar-refractivity contribution is 6.35. The second kappa shape index (κ2) is 5.06. The summed E-state index contributed by atoms with van der Waals surface area (Å²) in [6.07, 6.45) is 0. The third kappa shape index (κ3) is 2.18. The molecule has 0 aromatic heterocycles. The second-order valence-electron chi connectivity index (χ2n) is 4.39. The van der Waals surface area contributed by atoms with E-state index < -0.39 is 0 Å². The van der Waals surface area contributed by atoms with Gasteiger partial charge in [-0.05, 0) is 18.2 Å². The highest BCUT2D eigenvalue weighted by Gasteiger charge is 2.20. The van der Waals surface area contributed by atoms with Crippen molar-refractivity contribution in [3.63, 3.8) is 0 Å². The highest BCUT2D eigenvalue weighted by Crippen LogP contribution is 2.36. The van der Waals surface area contributed by atoms with Crippen LogP contribution >= 0.6 is 11.6 Å². The summed E-state index contributed by atoms with van der Waals surface area (Å²) < 4.78 is 10.9. The minimum Gasteiger partial charge on any atom is -0.486 e. The number of para-hydroxylation sites is 1. The molecule has 0 amide bonds. The lowest BCUT2D eigenvalue weighted by atomic mass is 10.0. The summed E-state index contributed by atoms with van der Waals surface area (Å²) in [5, 5.41) is 0.322. The molecule has 3 rings (SSSR count). The van der Waals surface area contributed by atoms with Gasteiger partial charge in [0, 0.05) is 22.9 Å². The number of ketones is 1. The van der Waals surface area contributed by atoms with Crippen molar-refractivity contribution < 1.29 is 14.3 Å². The van der Waals surface area contributed by atoms with Crippen LogP contribution in [0.1, 0.15) is 15.9 Å². The van der Waals surface area contributed by atoms with Crippen LogP contribution in [0.5, 0.6) is 11.5 Å². The number of nitrogens with two attached hydrogens (primary N) is 1. The average Bonchev–Trinajstić information content (AvgIpc) is 2.46. The normalized spacial score (nSPS) is 13.1. The zero-order valence-corrected chi connectivity index (χ0v) is 11.3. The molecule has 0 saturated carbocycles. The Kier molecular flexibility index (Phi) is 3.24. The van der Waals surface area contributed by atoms with Gasteiger partial charge in [-0.3, -0.25) is 4.79 Å². The molecule has 2 aromatic rings. The monoisotopic (exact) mass is 289 g/mol. The zero-order valence-electron chi connectivity index (χ0n) is 10.6. The van der Waals surface area contributed by atoms with E-state index in [9.17, 15) is 4.79 Å². The average molecular weight is 290 g/mol. The molecule has 5 heteroatoms. The van der Waals surface area contributed by atoms with E-state index in [-0.39, 0.29) is 5.78 Å². The van der Waals surface area contributed by atoms with Crippen LogP contribution in [0.25, 0.3) is 0 Å². The first-order valence-corrected chi connectivity index (χ1v) is 6.53. The maximum absolute atomic E-state index is 12.5. The Hall–Kier alpha value is -2.20. The van der Waals surface area contributed by atoms with Gasteiger partial charge in [0.25, 0.3) is 0 Å². The molecular formula is C15H12ClNO3. The Morgan fingerprint density at radius 3 is 2.40 bits per heavy atom. The van der Waals surface area contributed by atoms with Crippen molar-refractivity contribution in [2.24, 2.45) is 0 Å². The van der Waals surface area contributed by atoms with E-state index in [4.69, 9.17) is 26.8 Å². The summed E-state index contributed by atoms with van der Waals surface area (Å²) in [7, 11) is 0. The van der Waals surface area contributed by atoms with Gasteiger partial charge in [0.15, 0.2) is 17.3 Å². The minimum absolute atomic E-state index is 0.231. The Morgan fingerprint density at radius 2 is 1.70 bits per heavy atom. The number of fused-ring (bicyclic) bond motifs is 1. The maximum atomic E-state index is 12.5. The van der Waals surface area contributed by atoms with Crippen LogP contribution in [0.15, 0.2) is 36.4 Å². The fourth-order valence-corrected chi connectivity index (χ4v) is 2.33. The highest BCUT2D eigenvalue weighted by atomic mass is 35.5. The van der Waals surface area contributed by atoms with Crippen LogP contribution in [0.3, 0.4) is 0 Å². The summed E-state index contributed by atoms with van der Waals surface area (Å²) >= 11 is 6.16. The number of anilines is 1. The molecule has 0 radical (unpaired) electrons. The quantitative estimate of drug-likeness (QED) is 0.682. The number of hydrogen-bond donors (Lipinski definition) is 1. The molecule has 0 bridgehead atoms. The van der Waals surface area contributed by atoms with Crippen LogP contribution < -0.4 is 15.2 Å². The lowest BCUT2D eigenvalue weighted by Crippen LogP contribution is -2.16. The SMILES string of the molecule is Nc1ccccc1C(=O)c1cc2c(cc1Cl)OCCO2. The molecule has 0 fully saturated rings. The summed E-state index contributed by atoms with van der Waals surface area (Å²) in [6.45, 7) is 0.929. The summed E-state index contributed by atoms with van der Waals surface area (Å²) in [5.41, 5.74) is 7.02. The molecule has 20 heavy (non-hydrogen) atoms. The third-order valence-corrected chi connectivity index (χ3v) is 3.39. The number of rotatable bonds is 2. The van der Waals surface area contributed by atoms with Crippen molar-refractivity contribution in [3.8, 4) is 11.5 Å². The van der Waals surface area contributed by atoms with Gasteiger partial charge in [0.2, 0.25) is 0 Å². The number of nitrogen functional groups attached to an aromatic ring is 1. The number of carbonyl (C=O) groups excluding carboxylic acids is 1. The van der Waals surface area contributed by atoms with Crippen LogP contribution in [0.4, 0.5) is 5.69 Å². The smallest absolute Gasteiger partial charge is 0.196 e. The number of ether oxygens (including phenoxy) is 2. The van der Waals surface area contributed by atoms with E-state index in [1.54, 1.807) is 36.4 Å². The molecule has 2 aromatic carbocycles. The largest absolute Gasteiger partial charge is 0.486 e. The van der Waals surface area contributed by atoms with E-state index in [1.807, 2.05) is 0 Å². The molecular weight excluding hydrogens is 278 g/mol. The Morgan fingerprint density at radius 1 is 1.05 bits per heavy atom. The van der Waals surface area contributed by atoms with Crippen molar-refractivity contribution in [1.29, 1.82) is 0 Å². The van der Waals surface area contributed by atoms with E-state index >= 15 is 0 Å². The summed E-state index contributed by atoms with van der Waals surface area (Å²) in [4.78, 5) is 12.5. The standard InChI is InChI=1S/C15H12ClNO3/c16-11-8-14-13(19-5-6-20-14)7-10(11)15(18)9-3-1-2-4-12(9)17/h1-4,7-8H,5-6,17H2. The van der Waals surface area contributed by atoms with Crippen molar-refractivity contribution >= 4 is 23.1 Å². The molecule has 102 valence electrons. The van der Waals surface area contributed by atoms with E-state index in [0.29, 0.717) is 46.5 Å². The van der Waals surface area contributed by atoms with Gasteiger partial charge in [-0.2, -0.15) is 0 Å². The molecule has 0 aliphatic carbocycles. The molecule has 0 spiro atoms. The van der Waals surface area contributed by atoms with Gasteiger partial charge in [-0.15, -0.1) is 0 Å². The fraction of sp³-hybridized carbons (Fsp3) is 0.133. The predicted molar refractivity (Wildman–Crippen MR) is 76.7 cm³/mol. The fourth-order valence-electron chi connectivity index (χ4n) is 2.09. The first kappa shape index (κ1) is 12.8. The maximum Gasteiger partial charge on any atom is 0.196 e. The number of benzene rings is 2.